The van der Waals surface area contributed by atoms with Crippen molar-refractivity contribution in [2.75, 3.05) is 6.79 Å². The minimum absolute atomic E-state index is 0.0282. The van der Waals surface area contributed by atoms with Crippen LogP contribution in [0.25, 0.3) is 11.4 Å². The SMILES string of the molecule is CC(C)Oc1ccc(-c2noc(C3CCC4C(=O)N(Cc5ccc6c(c5)OCO6)C(=O)NC4C3)n2)cc1. The predicted molar refractivity (Wildman–Crippen MR) is 131 cm³/mol. The Labute approximate surface area is 213 Å². The standard InChI is InChI=1S/C27H28N4O6/c1-15(2)36-19-7-4-17(5-8-19)24-29-25(37-30-24)18-6-9-20-21(12-18)28-27(33)31(26(20)32)13-16-3-10-22-23(11-16)35-14-34-22/h3-5,7-8,10-11,15,18,20-21H,6,9,12-14H2,1-2H3,(H,28,33). The zero-order valence-electron chi connectivity index (χ0n) is 20.7. The van der Waals surface area contributed by atoms with E-state index in [0.717, 1.165) is 23.3 Å². The van der Waals surface area contributed by atoms with Crippen LogP contribution in [0.1, 0.15) is 50.5 Å². The highest BCUT2D eigenvalue weighted by atomic mass is 16.7. The van der Waals surface area contributed by atoms with E-state index in [4.69, 9.17) is 18.7 Å². The average Bonchev–Trinajstić information content (AvgIpc) is 3.56. The van der Waals surface area contributed by atoms with E-state index in [9.17, 15) is 9.59 Å². The first-order valence-electron chi connectivity index (χ1n) is 12.6. The van der Waals surface area contributed by atoms with E-state index in [-0.39, 0.29) is 49.3 Å². The number of nitrogens with zero attached hydrogens (tertiary/aromatic N) is 3. The topological polar surface area (TPSA) is 116 Å². The summed E-state index contributed by atoms with van der Waals surface area (Å²) >= 11 is 0. The quantitative estimate of drug-likeness (QED) is 0.530. The lowest BCUT2D eigenvalue weighted by Gasteiger charge is -2.41. The molecule has 3 aromatic rings. The van der Waals surface area contributed by atoms with Crippen LogP contribution in [-0.2, 0) is 11.3 Å². The highest BCUT2D eigenvalue weighted by Gasteiger charge is 2.45. The first-order valence-corrected chi connectivity index (χ1v) is 12.6. The molecule has 2 fully saturated rings. The number of urea groups is 1. The number of imide groups is 1. The molecule has 3 amide bonds. The molecule has 10 nitrogen and oxygen atoms in total. The first kappa shape index (κ1) is 23.3. The van der Waals surface area contributed by atoms with Crippen molar-refractivity contribution in [3.05, 3.63) is 53.9 Å². The van der Waals surface area contributed by atoms with E-state index in [1.165, 1.54) is 4.90 Å². The summed E-state index contributed by atoms with van der Waals surface area (Å²) in [6, 6.07) is 12.4. The molecule has 0 spiro atoms. The van der Waals surface area contributed by atoms with E-state index >= 15 is 0 Å². The number of carbonyl (C=O) groups is 2. The van der Waals surface area contributed by atoms with Crippen molar-refractivity contribution < 1.29 is 28.3 Å². The molecule has 1 N–H and O–H groups in total. The van der Waals surface area contributed by atoms with E-state index in [1.54, 1.807) is 6.07 Å². The number of hydrogen-bond donors (Lipinski definition) is 1. The fraction of sp³-hybridized carbons (Fsp3) is 0.407. The van der Waals surface area contributed by atoms with Gasteiger partial charge >= 0.3 is 6.03 Å². The maximum atomic E-state index is 13.3. The van der Waals surface area contributed by atoms with Crippen LogP contribution in [-0.4, -0.2) is 45.9 Å². The molecule has 2 aliphatic heterocycles. The Balaban J connectivity index is 1.11. The number of nitrogens with one attached hydrogen (secondary N) is 1. The van der Waals surface area contributed by atoms with Crippen LogP contribution in [0.4, 0.5) is 4.79 Å². The summed E-state index contributed by atoms with van der Waals surface area (Å²) in [4.78, 5) is 32.1. The third-order valence-corrected chi connectivity index (χ3v) is 7.04. The van der Waals surface area contributed by atoms with Gasteiger partial charge in [-0.1, -0.05) is 11.2 Å². The van der Waals surface area contributed by atoms with Crippen LogP contribution >= 0.6 is 0 Å². The third-order valence-electron chi connectivity index (χ3n) is 7.04. The Bertz CT molecular complexity index is 1320. The summed E-state index contributed by atoms with van der Waals surface area (Å²) in [7, 11) is 0. The molecule has 3 unspecified atom stereocenters. The molecule has 0 bridgehead atoms. The Morgan fingerprint density at radius 3 is 2.70 bits per heavy atom. The smallest absolute Gasteiger partial charge is 0.324 e. The maximum Gasteiger partial charge on any atom is 0.324 e. The van der Waals surface area contributed by atoms with Gasteiger partial charge in [-0.2, -0.15) is 4.98 Å². The van der Waals surface area contributed by atoms with Crippen LogP contribution in [0.5, 0.6) is 17.2 Å². The number of amides is 3. The fourth-order valence-corrected chi connectivity index (χ4v) is 5.23. The number of benzene rings is 2. The Morgan fingerprint density at radius 1 is 1.08 bits per heavy atom. The number of ether oxygens (including phenoxy) is 3. The molecule has 3 heterocycles. The summed E-state index contributed by atoms with van der Waals surface area (Å²) in [6.07, 6.45) is 2.03. The molecule has 1 aliphatic carbocycles. The van der Waals surface area contributed by atoms with E-state index in [2.05, 4.69) is 15.5 Å². The molecule has 3 aliphatic rings. The van der Waals surface area contributed by atoms with Gasteiger partial charge in [0.15, 0.2) is 11.5 Å². The van der Waals surface area contributed by atoms with Gasteiger partial charge in [0.25, 0.3) is 0 Å². The van der Waals surface area contributed by atoms with Crippen molar-refractivity contribution in [2.24, 2.45) is 5.92 Å². The molecular weight excluding hydrogens is 476 g/mol. The van der Waals surface area contributed by atoms with Gasteiger partial charge in [0.2, 0.25) is 24.4 Å². The lowest BCUT2D eigenvalue weighted by atomic mass is 9.76. The molecule has 2 aromatic carbocycles. The van der Waals surface area contributed by atoms with Crippen molar-refractivity contribution in [2.45, 2.75) is 57.7 Å². The van der Waals surface area contributed by atoms with Crippen LogP contribution in [0, 0.1) is 5.92 Å². The summed E-state index contributed by atoms with van der Waals surface area (Å²) < 4.78 is 22.1. The summed E-state index contributed by atoms with van der Waals surface area (Å²) in [5.41, 5.74) is 1.64. The molecule has 192 valence electrons. The number of rotatable bonds is 6. The second-order valence-corrected chi connectivity index (χ2v) is 9.93. The summed E-state index contributed by atoms with van der Waals surface area (Å²) in [5.74, 6) is 2.65. The van der Waals surface area contributed by atoms with Gasteiger partial charge in [0.1, 0.15) is 5.75 Å². The highest BCUT2D eigenvalue weighted by Crippen LogP contribution is 2.39. The maximum absolute atomic E-state index is 13.3. The van der Waals surface area contributed by atoms with Gasteiger partial charge < -0.3 is 24.1 Å². The fourth-order valence-electron chi connectivity index (χ4n) is 5.23. The number of hydrogen-bond acceptors (Lipinski definition) is 8. The molecule has 6 rings (SSSR count). The largest absolute Gasteiger partial charge is 0.491 e. The Morgan fingerprint density at radius 2 is 1.89 bits per heavy atom. The second-order valence-electron chi connectivity index (χ2n) is 9.93. The van der Waals surface area contributed by atoms with Gasteiger partial charge in [0, 0.05) is 17.5 Å². The molecule has 10 heteroatoms. The zero-order valence-corrected chi connectivity index (χ0v) is 20.7. The van der Waals surface area contributed by atoms with Crippen LogP contribution in [0.15, 0.2) is 47.0 Å². The average molecular weight is 505 g/mol. The van der Waals surface area contributed by atoms with Gasteiger partial charge in [-0.3, -0.25) is 9.69 Å². The van der Waals surface area contributed by atoms with Crippen molar-refractivity contribution in [1.29, 1.82) is 0 Å². The van der Waals surface area contributed by atoms with E-state index in [1.807, 2.05) is 50.2 Å². The number of carbonyl (C=O) groups excluding carboxylic acids is 2. The number of aromatic nitrogens is 2. The first-order chi connectivity index (χ1) is 17.9. The van der Waals surface area contributed by atoms with Crippen LogP contribution < -0.4 is 19.5 Å². The van der Waals surface area contributed by atoms with Crippen molar-refractivity contribution in [3.63, 3.8) is 0 Å². The predicted octanol–water partition coefficient (Wildman–Crippen LogP) is 4.26. The van der Waals surface area contributed by atoms with Crippen molar-refractivity contribution in [3.8, 4) is 28.6 Å². The molecule has 3 atom stereocenters. The third kappa shape index (κ3) is 4.59. The van der Waals surface area contributed by atoms with E-state index < -0.39 is 0 Å². The van der Waals surface area contributed by atoms with Crippen molar-refractivity contribution in [1.82, 2.24) is 20.4 Å². The van der Waals surface area contributed by atoms with Gasteiger partial charge in [-0.15, -0.1) is 0 Å². The highest BCUT2D eigenvalue weighted by molar-refractivity contribution is 5.98. The lowest BCUT2D eigenvalue weighted by molar-refractivity contribution is -0.137. The molecule has 1 aromatic heterocycles. The number of fused-ring (bicyclic) bond motifs is 2. The molecule has 1 saturated carbocycles. The molecule has 0 radical (unpaired) electrons. The summed E-state index contributed by atoms with van der Waals surface area (Å²) in [5, 5.41) is 7.20. The lowest BCUT2D eigenvalue weighted by Crippen LogP contribution is -2.60. The van der Waals surface area contributed by atoms with Crippen molar-refractivity contribution >= 4 is 11.9 Å². The zero-order chi connectivity index (χ0) is 25.5. The van der Waals surface area contributed by atoms with Crippen LogP contribution in [0.2, 0.25) is 0 Å². The molecule has 1 saturated heterocycles. The second kappa shape index (κ2) is 9.42. The van der Waals surface area contributed by atoms with Crippen LogP contribution in [0.3, 0.4) is 0 Å². The Kier molecular flexibility index (Phi) is 5.94. The minimum atomic E-state index is -0.389. The molecular formula is C27H28N4O6. The Hall–Kier alpha value is -4.08. The van der Waals surface area contributed by atoms with E-state index in [0.29, 0.717) is 36.1 Å². The minimum Gasteiger partial charge on any atom is -0.491 e. The van der Waals surface area contributed by atoms with Gasteiger partial charge in [0.05, 0.1) is 18.6 Å². The summed E-state index contributed by atoms with van der Waals surface area (Å²) in [6.45, 7) is 4.32. The van der Waals surface area contributed by atoms with Gasteiger partial charge in [-0.25, -0.2) is 4.79 Å². The molecule has 37 heavy (non-hydrogen) atoms. The van der Waals surface area contributed by atoms with Gasteiger partial charge in [-0.05, 0) is 75.1 Å². The monoisotopic (exact) mass is 504 g/mol. The normalized spacial score (nSPS) is 22.7.